The predicted molar refractivity (Wildman–Crippen MR) is 217 cm³/mol. The second-order valence-electron chi connectivity index (χ2n) is 13.6. The Hall–Kier alpha value is -3.77. The average Bonchev–Trinajstić information content (AvgIpc) is 3.77. The molecule has 17 heteroatoms. The van der Waals surface area contributed by atoms with E-state index in [9.17, 15) is 49.7 Å². The molecule has 0 spiro atoms. The fourth-order valence-corrected chi connectivity index (χ4v) is 7.22. The number of nitrogens with zero attached hydrogens (tertiary/aromatic N) is 3. The second-order valence-corrected chi connectivity index (χ2v) is 13.6. The Labute approximate surface area is 342 Å². The molecule has 3 aromatic rings. The van der Waals surface area contributed by atoms with Crippen LogP contribution in [0.3, 0.4) is 0 Å². The van der Waals surface area contributed by atoms with Gasteiger partial charge in [-0.15, -0.1) is 0 Å². The summed E-state index contributed by atoms with van der Waals surface area (Å²) in [5.74, 6) is 0. The summed E-state index contributed by atoms with van der Waals surface area (Å²) in [5.41, 5.74) is 16.7. The number of anilines is 3. The van der Waals surface area contributed by atoms with Crippen LogP contribution in [0, 0.1) is 0 Å². The van der Waals surface area contributed by atoms with Crippen molar-refractivity contribution in [2.24, 2.45) is 17.2 Å². The van der Waals surface area contributed by atoms with Gasteiger partial charge in [-0.2, -0.15) is 39.5 Å². The summed E-state index contributed by atoms with van der Waals surface area (Å²) < 4.78 is 116. The van der Waals surface area contributed by atoms with Crippen molar-refractivity contribution in [2.45, 2.75) is 117 Å². The van der Waals surface area contributed by atoms with E-state index in [0.717, 1.165) is 44.1 Å². The van der Waals surface area contributed by atoms with Crippen molar-refractivity contribution in [3.8, 4) is 0 Å². The molecule has 0 radical (unpaired) electrons. The smallest absolute Gasteiger partial charge is 0.393 e. The molecule has 3 aliphatic heterocycles. The van der Waals surface area contributed by atoms with Crippen LogP contribution in [0.15, 0.2) is 54.6 Å². The first-order valence-corrected chi connectivity index (χ1v) is 20.2. The molecule has 8 N–H and O–H groups in total. The van der Waals surface area contributed by atoms with Crippen LogP contribution in [0.2, 0.25) is 0 Å². The predicted octanol–water partition coefficient (Wildman–Crippen LogP) is 9.07. The van der Waals surface area contributed by atoms with E-state index in [4.69, 9.17) is 17.2 Å². The summed E-state index contributed by atoms with van der Waals surface area (Å²) in [6, 6.07) is 12.5. The maximum atomic E-state index is 12.9. The van der Waals surface area contributed by atoms with Gasteiger partial charge < -0.3 is 42.1 Å². The number of rotatable bonds is 6. The quantitative estimate of drug-likeness (QED) is 0.156. The van der Waals surface area contributed by atoms with E-state index in [2.05, 4.69) is 0 Å². The van der Waals surface area contributed by atoms with Gasteiger partial charge in [0.1, 0.15) is 0 Å². The molecular weight excluding hydrogens is 791 g/mol. The van der Waals surface area contributed by atoms with Gasteiger partial charge in [0.15, 0.2) is 0 Å². The lowest BCUT2D eigenvalue weighted by Crippen LogP contribution is -2.36. The Kier molecular flexibility index (Phi) is 20.8. The van der Waals surface area contributed by atoms with E-state index in [-0.39, 0.29) is 48.5 Å². The Morgan fingerprint density at radius 1 is 0.458 bits per heavy atom. The molecule has 0 amide bonds. The van der Waals surface area contributed by atoms with Crippen LogP contribution in [0.4, 0.5) is 56.6 Å². The third-order valence-electron chi connectivity index (χ3n) is 10.0. The molecule has 334 valence electrons. The van der Waals surface area contributed by atoms with Gasteiger partial charge in [0.2, 0.25) is 0 Å². The van der Waals surface area contributed by atoms with Gasteiger partial charge in [0, 0.05) is 92.7 Å². The lowest BCUT2D eigenvalue weighted by Gasteiger charge is -2.33. The summed E-state index contributed by atoms with van der Waals surface area (Å²) in [6.07, 6.45) is -9.49. The van der Waals surface area contributed by atoms with Crippen molar-refractivity contribution in [2.75, 3.05) is 54.0 Å². The molecule has 8 nitrogen and oxygen atoms in total. The summed E-state index contributed by atoms with van der Waals surface area (Å²) >= 11 is 0. The molecule has 3 aromatic carbocycles. The summed E-state index contributed by atoms with van der Waals surface area (Å²) in [4.78, 5) is 5.71. The van der Waals surface area contributed by atoms with Gasteiger partial charge in [-0.1, -0.05) is 45.9 Å². The lowest BCUT2D eigenvalue weighted by atomic mass is 10.0. The highest BCUT2D eigenvalue weighted by atomic mass is 19.4. The highest BCUT2D eigenvalue weighted by Crippen LogP contribution is 2.39. The molecule has 3 saturated heterocycles. The molecule has 3 heterocycles. The van der Waals surface area contributed by atoms with Crippen LogP contribution < -0.4 is 31.9 Å². The summed E-state index contributed by atoms with van der Waals surface area (Å²) in [6.45, 7) is 11.5. The van der Waals surface area contributed by atoms with Crippen LogP contribution >= 0.6 is 0 Å². The number of benzene rings is 3. The van der Waals surface area contributed by atoms with E-state index >= 15 is 0 Å². The zero-order valence-electron chi connectivity index (χ0n) is 34.3. The first kappa shape index (κ1) is 51.4. The number of hydrogen-bond donors (Lipinski definition) is 5. The number of aliphatic hydroxyl groups is 2. The van der Waals surface area contributed by atoms with Crippen molar-refractivity contribution < 1.29 is 49.7 Å². The fraction of sp³-hybridized carbons (Fsp3) is 0.571. The number of hydrogen-bond acceptors (Lipinski definition) is 8. The number of nitrogens with two attached hydrogens (primary N) is 3. The number of alkyl halides is 9. The molecule has 6 rings (SSSR count). The van der Waals surface area contributed by atoms with Crippen LogP contribution in [-0.2, 0) is 38.2 Å². The van der Waals surface area contributed by atoms with Gasteiger partial charge in [-0.25, -0.2) is 0 Å². The van der Waals surface area contributed by atoms with Gasteiger partial charge in [-0.05, 0) is 74.9 Å². The van der Waals surface area contributed by atoms with Gasteiger partial charge in [0.05, 0.1) is 28.9 Å². The van der Waals surface area contributed by atoms with Crippen LogP contribution in [0.25, 0.3) is 0 Å². The number of aliphatic hydroxyl groups excluding tert-OH is 2. The molecule has 3 aliphatic rings. The minimum Gasteiger partial charge on any atom is -0.393 e. The largest absolute Gasteiger partial charge is 0.416 e. The first-order chi connectivity index (χ1) is 27.9. The molecular formula is C42H61F9N6O2. The van der Waals surface area contributed by atoms with Crippen molar-refractivity contribution in [3.05, 3.63) is 88.0 Å². The fourth-order valence-electron chi connectivity index (χ4n) is 7.22. The lowest BCUT2D eigenvalue weighted by molar-refractivity contribution is -0.139. The standard InChI is InChI=1S/2C13H17F3N2O.C12H15F3N2.2C2H6/c2*14-13(15,16)11-2-1-3-12(10(11)8-17)18-6-4-9(19)5-7-18;13-12(14,15)10-4-3-5-11(9(10)8-16)17-6-1-2-7-17;2*1-2/h2*1-3,9,19H,4-8,17H2;3-5H,1-2,6-8,16H2;2*1-2H3. The van der Waals surface area contributed by atoms with Crippen molar-refractivity contribution in [1.29, 1.82) is 0 Å². The minimum absolute atomic E-state index is 0.0818. The Balaban J connectivity index is 0.000000293. The van der Waals surface area contributed by atoms with Crippen molar-refractivity contribution >= 4 is 17.1 Å². The Morgan fingerprint density at radius 3 is 0.915 bits per heavy atom. The second kappa shape index (κ2) is 23.9. The van der Waals surface area contributed by atoms with E-state index in [1.807, 2.05) is 42.4 Å². The van der Waals surface area contributed by atoms with Crippen molar-refractivity contribution in [1.82, 2.24) is 0 Å². The molecule has 3 fully saturated rings. The van der Waals surface area contributed by atoms with Crippen LogP contribution in [-0.4, -0.2) is 61.7 Å². The maximum Gasteiger partial charge on any atom is 0.416 e. The highest BCUT2D eigenvalue weighted by molar-refractivity contribution is 5.60. The number of piperidine rings is 2. The third-order valence-corrected chi connectivity index (χ3v) is 10.0. The van der Waals surface area contributed by atoms with Gasteiger partial charge >= 0.3 is 18.5 Å². The van der Waals surface area contributed by atoms with E-state index in [1.165, 1.54) is 18.2 Å². The zero-order chi connectivity index (χ0) is 44.6. The molecule has 0 saturated carbocycles. The average molecular weight is 853 g/mol. The molecule has 0 aromatic heterocycles. The molecule has 0 bridgehead atoms. The van der Waals surface area contributed by atoms with E-state index in [1.54, 1.807) is 18.2 Å². The molecule has 59 heavy (non-hydrogen) atoms. The number of halogens is 9. The molecule has 0 unspecified atom stereocenters. The van der Waals surface area contributed by atoms with Gasteiger partial charge in [0.25, 0.3) is 0 Å². The van der Waals surface area contributed by atoms with Crippen LogP contribution in [0.5, 0.6) is 0 Å². The molecule has 0 atom stereocenters. The SMILES string of the molecule is CC.CC.NCc1c(N2CCC(O)CC2)cccc1C(F)(F)F.NCc1c(N2CCC(O)CC2)cccc1C(F)(F)F.NCc1c(N2CCCC2)cccc1C(F)(F)F. The minimum atomic E-state index is -4.39. The molecule has 0 aliphatic carbocycles. The Morgan fingerprint density at radius 2 is 0.695 bits per heavy atom. The normalized spacial score (nSPS) is 16.5. The monoisotopic (exact) mass is 852 g/mol. The summed E-state index contributed by atoms with van der Waals surface area (Å²) in [7, 11) is 0. The van der Waals surface area contributed by atoms with E-state index < -0.39 is 35.2 Å². The summed E-state index contributed by atoms with van der Waals surface area (Å²) in [5, 5.41) is 18.9. The highest BCUT2D eigenvalue weighted by Gasteiger charge is 2.37. The van der Waals surface area contributed by atoms with Gasteiger partial charge in [-0.3, -0.25) is 0 Å². The topological polar surface area (TPSA) is 128 Å². The first-order valence-electron chi connectivity index (χ1n) is 20.2. The Bertz CT molecular complexity index is 1580. The van der Waals surface area contributed by atoms with Crippen LogP contribution in [0.1, 0.15) is 99.6 Å². The van der Waals surface area contributed by atoms with Crippen molar-refractivity contribution in [3.63, 3.8) is 0 Å². The third kappa shape index (κ3) is 14.4. The maximum absolute atomic E-state index is 12.9. The zero-order valence-corrected chi connectivity index (χ0v) is 34.3. The van der Waals surface area contributed by atoms with E-state index in [0.29, 0.717) is 68.9 Å².